The van der Waals surface area contributed by atoms with Crippen LogP contribution in [-0.2, 0) is 17.7 Å². The van der Waals surface area contributed by atoms with E-state index in [1.165, 1.54) is 24.0 Å². The normalized spacial score (nSPS) is 25.0. The summed E-state index contributed by atoms with van der Waals surface area (Å²) in [6.07, 6.45) is 6.39. The first-order valence-electron chi connectivity index (χ1n) is 11.0. The fraction of sp³-hybridized carbons (Fsp3) is 0.652. The SMILES string of the molecule is CC1(C)Cc2cccc(CN3CCCCC3c3nnc(C4CCOCC4)o3)c2O1. The van der Waals surface area contributed by atoms with Crippen LogP contribution in [0.3, 0.4) is 0 Å². The van der Waals surface area contributed by atoms with E-state index < -0.39 is 0 Å². The molecule has 3 aliphatic rings. The highest BCUT2D eigenvalue weighted by Gasteiger charge is 2.34. The predicted octanol–water partition coefficient (Wildman–Crippen LogP) is 4.40. The van der Waals surface area contributed by atoms with Gasteiger partial charge in [-0.25, -0.2) is 0 Å². The molecule has 2 fully saturated rings. The summed E-state index contributed by atoms with van der Waals surface area (Å²) in [4.78, 5) is 2.50. The van der Waals surface area contributed by atoms with Crippen molar-refractivity contribution in [3.63, 3.8) is 0 Å². The molecule has 1 unspecified atom stereocenters. The molecule has 0 saturated carbocycles. The molecule has 0 N–H and O–H groups in total. The molecule has 1 aromatic heterocycles. The summed E-state index contributed by atoms with van der Waals surface area (Å²) in [5.41, 5.74) is 2.47. The van der Waals surface area contributed by atoms with Gasteiger partial charge in [0.2, 0.25) is 11.8 Å². The zero-order valence-corrected chi connectivity index (χ0v) is 17.5. The number of nitrogens with zero attached hydrogens (tertiary/aromatic N) is 3. The minimum Gasteiger partial charge on any atom is -0.487 e. The zero-order chi connectivity index (χ0) is 19.8. The number of para-hydroxylation sites is 1. The molecule has 5 rings (SSSR count). The first kappa shape index (κ1) is 19.1. The van der Waals surface area contributed by atoms with Crippen LogP contribution < -0.4 is 4.74 Å². The summed E-state index contributed by atoms with van der Waals surface area (Å²) in [5.74, 6) is 2.99. The van der Waals surface area contributed by atoms with Gasteiger partial charge >= 0.3 is 0 Å². The number of piperidine rings is 1. The van der Waals surface area contributed by atoms with E-state index in [1.807, 2.05) is 0 Å². The highest BCUT2D eigenvalue weighted by atomic mass is 16.5. The molecule has 6 heteroatoms. The average Bonchev–Trinajstić information content (AvgIpc) is 3.33. The Morgan fingerprint density at radius 1 is 1.07 bits per heavy atom. The van der Waals surface area contributed by atoms with Crippen LogP contribution in [0.4, 0.5) is 0 Å². The molecule has 1 atom stereocenters. The summed E-state index contributed by atoms with van der Waals surface area (Å²) in [6.45, 7) is 7.81. The third kappa shape index (κ3) is 3.92. The maximum absolute atomic E-state index is 6.30. The smallest absolute Gasteiger partial charge is 0.233 e. The Bertz CT molecular complexity index is 857. The zero-order valence-electron chi connectivity index (χ0n) is 17.5. The molecule has 0 amide bonds. The van der Waals surface area contributed by atoms with Crippen molar-refractivity contribution in [3.8, 4) is 5.75 Å². The number of fused-ring (bicyclic) bond motifs is 1. The monoisotopic (exact) mass is 397 g/mol. The number of likely N-dealkylation sites (tertiary alicyclic amines) is 1. The van der Waals surface area contributed by atoms with Gasteiger partial charge in [0.1, 0.15) is 11.4 Å². The van der Waals surface area contributed by atoms with Gasteiger partial charge in [0.15, 0.2) is 0 Å². The largest absolute Gasteiger partial charge is 0.487 e. The second-order valence-electron chi connectivity index (χ2n) is 9.29. The lowest BCUT2D eigenvalue weighted by Crippen LogP contribution is -2.33. The first-order valence-corrected chi connectivity index (χ1v) is 11.0. The molecular weight excluding hydrogens is 366 g/mol. The van der Waals surface area contributed by atoms with Crippen molar-refractivity contribution in [2.24, 2.45) is 0 Å². The molecule has 0 bridgehead atoms. The second kappa shape index (κ2) is 7.73. The Kier molecular flexibility index (Phi) is 5.08. The topological polar surface area (TPSA) is 60.6 Å². The summed E-state index contributed by atoms with van der Waals surface area (Å²) >= 11 is 0. The summed E-state index contributed by atoms with van der Waals surface area (Å²) in [7, 11) is 0. The predicted molar refractivity (Wildman–Crippen MR) is 109 cm³/mol. The van der Waals surface area contributed by atoms with E-state index in [9.17, 15) is 0 Å². The third-order valence-electron chi connectivity index (χ3n) is 6.47. The quantitative estimate of drug-likeness (QED) is 0.762. The minimum absolute atomic E-state index is 0.120. The Morgan fingerprint density at radius 2 is 1.90 bits per heavy atom. The van der Waals surface area contributed by atoms with Crippen LogP contribution in [0.5, 0.6) is 5.75 Å². The molecule has 2 saturated heterocycles. The van der Waals surface area contributed by atoms with Crippen molar-refractivity contribution in [1.29, 1.82) is 0 Å². The Hall–Kier alpha value is -1.92. The molecule has 0 aliphatic carbocycles. The van der Waals surface area contributed by atoms with Crippen molar-refractivity contribution in [2.75, 3.05) is 19.8 Å². The van der Waals surface area contributed by atoms with Crippen molar-refractivity contribution in [2.45, 2.75) is 76.5 Å². The van der Waals surface area contributed by atoms with E-state index in [0.29, 0.717) is 5.92 Å². The Morgan fingerprint density at radius 3 is 2.76 bits per heavy atom. The maximum atomic E-state index is 6.30. The summed E-state index contributed by atoms with van der Waals surface area (Å²) in [6, 6.07) is 6.75. The van der Waals surface area contributed by atoms with Crippen LogP contribution in [0.2, 0.25) is 0 Å². The number of ether oxygens (including phenoxy) is 2. The van der Waals surface area contributed by atoms with Gasteiger partial charge in [-0.2, -0.15) is 0 Å². The van der Waals surface area contributed by atoms with E-state index in [-0.39, 0.29) is 11.6 Å². The molecule has 156 valence electrons. The highest BCUT2D eigenvalue weighted by Crippen LogP contribution is 2.40. The van der Waals surface area contributed by atoms with E-state index in [1.54, 1.807) is 0 Å². The molecule has 6 nitrogen and oxygen atoms in total. The van der Waals surface area contributed by atoms with Crippen LogP contribution in [-0.4, -0.2) is 40.5 Å². The molecule has 3 aliphatic heterocycles. The highest BCUT2D eigenvalue weighted by molar-refractivity contribution is 5.45. The average molecular weight is 398 g/mol. The Balaban J connectivity index is 1.35. The molecule has 0 radical (unpaired) electrons. The van der Waals surface area contributed by atoms with Crippen LogP contribution in [0.1, 0.15) is 80.8 Å². The standard InChI is InChI=1S/C23H31N3O3/c1-23(2)14-17-6-5-7-18(20(17)29-23)15-26-11-4-3-8-19(26)22-25-24-21(28-22)16-9-12-27-13-10-16/h5-7,16,19H,3-4,8-15H2,1-2H3. The molecule has 1 aromatic carbocycles. The van der Waals surface area contributed by atoms with Gasteiger partial charge in [-0.3, -0.25) is 4.90 Å². The number of benzene rings is 1. The lowest BCUT2D eigenvalue weighted by Gasteiger charge is -2.34. The van der Waals surface area contributed by atoms with Gasteiger partial charge in [0.05, 0.1) is 6.04 Å². The lowest BCUT2D eigenvalue weighted by molar-refractivity contribution is 0.0766. The van der Waals surface area contributed by atoms with E-state index in [2.05, 4.69) is 47.1 Å². The molecule has 4 heterocycles. The number of rotatable bonds is 4. The van der Waals surface area contributed by atoms with Gasteiger partial charge in [0.25, 0.3) is 0 Å². The van der Waals surface area contributed by atoms with Crippen LogP contribution in [0.25, 0.3) is 0 Å². The van der Waals surface area contributed by atoms with Gasteiger partial charge in [-0.1, -0.05) is 24.6 Å². The second-order valence-corrected chi connectivity index (χ2v) is 9.29. The van der Waals surface area contributed by atoms with E-state index >= 15 is 0 Å². The van der Waals surface area contributed by atoms with Crippen LogP contribution >= 0.6 is 0 Å². The van der Waals surface area contributed by atoms with Gasteiger partial charge in [-0.05, 0) is 51.6 Å². The first-order chi connectivity index (χ1) is 14.1. The molecule has 2 aromatic rings. The number of hydrogen-bond donors (Lipinski definition) is 0. The van der Waals surface area contributed by atoms with Gasteiger partial charge in [-0.15, -0.1) is 10.2 Å². The number of hydrogen-bond acceptors (Lipinski definition) is 6. The van der Waals surface area contributed by atoms with Gasteiger partial charge < -0.3 is 13.9 Å². The summed E-state index contributed by atoms with van der Waals surface area (Å²) in [5, 5.41) is 8.88. The van der Waals surface area contributed by atoms with Crippen molar-refractivity contribution in [1.82, 2.24) is 15.1 Å². The van der Waals surface area contributed by atoms with Crippen molar-refractivity contribution >= 4 is 0 Å². The van der Waals surface area contributed by atoms with Crippen LogP contribution in [0.15, 0.2) is 22.6 Å². The molecule has 0 spiro atoms. The molecular formula is C23H31N3O3. The fourth-order valence-corrected chi connectivity index (χ4v) is 4.97. The van der Waals surface area contributed by atoms with Crippen molar-refractivity contribution in [3.05, 3.63) is 41.1 Å². The summed E-state index contributed by atoms with van der Waals surface area (Å²) < 4.78 is 18.0. The maximum Gasteiger partial charge on any atom is 0.233 e. The Labute approximate surface area is 172 Å². The van der Waals surface area contributed by atoms with E-state index in [0.717, 1.165) is 69.5 Å². The van der Waals surface area contributed by atoms with Crippen LogP contribution in [0, 0.1) is 0 Å². The number of aromatic nitrogens is 2. The minimum atomic E-state index is -0.120. The fourth-order valence-electron chi connectivity index (χ4n) is 4.97. The lowest BCUT2D eigenvalue weighted by atomic mass is 9.98. The molecule has 29 heavy (non-hydrogen) atoms. The van der Waals surface area contributed by atoms with Crippen molar-refractivity contribution < 1.29 is 13.9 Å². The third-order valence-corrected chi connectivity index (χ3v) is 6.47. The van der Waals surface area contributed by atoms with Gasteiger partial charge in [0, 0.05) is 37.7 Å². The van der Waals surface area contributed by atoms with E-state index in [4.69, 9.17) is 13.9 Å².